The third-order valence-corrected chi connectivity index (χ3v) is 3.87. The maximum Gasteiger partial charge on any atom is 0.271 e. The van der Waals surface area contributed by atoms with E-state index in [2.05, 4.69) is 32.5 Å². The van der Waals surface area contributed by atoms with E-state index in [1.807, 2.05) is 18.2 Å². The largest absolute Gasteiger partial charge is 0.371 e. The molecule has 0 bridgehead atoms. The maximum absolute atomic E-state index is 12.0. The van der Waals surface area contributed by atoms with Gasteiger partial charge in [-0.15, -0.1) is 0 Å². The molecule has 1 aromatic carbocycles. The lowest BCUT2D eigenvalue weighted by molar-refractivity contribution is 0.0942. The minimum atomic E-state index is -0.314. The Bertz CT molecular complexity index is 678. The van der Waals surface area contributed by atoms with Crippen molar-refractivity contribution in [2.24, 2.45) is 5.92 Å². The highest BCUT2D eigenvalue weighted by Crippen LogP contribution is 2.22. The zero-order chi connectivity index (χ0) is 15.4. The molecule has 1 aromatic heterocycles. The second kappa shape index (κ2) is 6.43. The highest BCUT2D eigenvalue weighted by Gasteiger charge is 2.23. The summed E-state index contributed by atoms with van der Waals surface area (Å²) in [6.07, 6.45) is 1.05. The Hall–Kier alpha value is -2.63. The number of hydrogen-bond acceptors (Lipinski definition) is 4. The van der Waals surface area contributed by atoms with E-state index in [4.69, 9.17) is 0 Å². The van der Waals surface area contributed by atoms with Crippen molar-refractivity contribution >= 4 is 11.6 Å². The van der Waals surface area contributed by atoms with E-state index in [0.717, 1.165) is 19.5 Å². The summed E-state index contributed by atoms with van der Waals surface area (Å²) in [5.74, 6) is 0.168. The van der Waals surface area contributed by atoms with Crippen molar-refractivity contribution in [1.29, 1.82) is 0 Å². The van der Waals surface area contributed by atoms with Crippen molar-refractivity contribution in [3.8, 4) is 0 Å². The van der Waals surface area contributed by atoms with Crippen molar-refractivity contribution in [3.63, 3.8) is 0 Å². The van der Waals surface area contributed by atoms with Crippen LogP contribution in [0.3, 0.4) is 0 Å². The number of para-hydroxylation sites is 1. The van der Waals surface area contributed by atoms with Crippen LogP contribution in [0.4, 0.5) is 5.69 Å². The van der Waals surface area contributed by atoms with Crippen molar-refractivity contribution in [1.82, 2.24) is 15.5 Å². The molecule has 0 radical (unpaired) electrons. The Morgan fingerprint density at radius 2 is 2.09 bits per heavy atom. The predicted octanol–water partition coefficient (Wildman–Crippen LogP) is 1.03. The van der Waals surface area contributed by atoms with Gasteiger partial charge in [0, 0.05) is 31.4 Å². The molecule has 0 unspecified atom stereocenters. The highest BCUT2D eigenvalue weighted by molar-refractivity contribution is 5.91. The summed E-state index contributed by atoms with van der Waals surface area (Å²) < 4.78 is 0. The van der Waals surface area contributed by atoms with Crippen LogP contribution in [0.15, 0.2) is 47.3 Å². The van der Waals surface area contributed by atoms with E-state index >= 15 is 0 Å². The molecule has 2 heterocycles. The Kier molecular flexibility index (Phi) is 4.18. The van der Waals surface area contributed by atoms with Gasteiger partial charge in [0.25, 0.3) is 11.5 Å². The lowest BCUT2D eigenvalue weighted by Crippen LogP contribution is -2.32. The van der Waals surface area contributed by atoms with Crippen LogP contribution in [0, 0.1) is 5.92 Å². The summed E-state index contributed by atoms with van der Waals surface area (Å²) in [7, 11) is 0. The zero-order valence-corrected chi connectivity index (χ0v) is 12.2. The number of nitrogens with one attached hydrogen (secondary N) is 2. The second-order valence-corrected chi connectivity index (χ2v) is 5.45. The van der Waals surface area contributed by atoms with Crippen molar-refractivity contribution < 1.29 is 4.79 Å². The Morgan fingerprint density at radius 1 is 1.27 bits per heavy atom. The summed E-state index contributed by atoms with van der Waals surface area (Å²) >= 11 is 0. The third-order valence-electron chi connectivity index (χ3n) is 3.87. The number of carbonyl (C=O) groups is 1. The van der Waals surface area contributed by atoms with Gasteiger partial charge in [-0.1, -0.05) is 18.2 Å². The number of benzene rings is 1. The van der Waals surface area contributed by atoms with Gasteiger partial charge in [-0.25, -0.2) is 5.10 Å². The first kappa shape index (κ1) is 14.3. The maximum atomic E-state index is 12.0. The van der Waals surface area contributed by atoms with Crippen LogP contribution >= 0.6 is 0 Å². The molecule has 6 nitrogen and oxygen atoms in total. The number of nitrogens with zero attached hydrogens (tertiary/aromatic N) is 2. The van der Waals surface area contributed by atoms with Gasteiger partial charge >= 0.3 is 0 Å². The molecule has 1 saturated heterocycles. The molecule has 114 valence electrons. The van der Waals surface area contributed by atoms with Crippen LogP contribution in [0.1, 0.15) is 16.9 Å². The molecule has 2 N–H and O–H groups in total. The number of rotatable bonds is 4. The van der Waals surface area contributed by atoms with E-state index < -0.39 is 0 Å². The molecule has 1 atom stereocenters. The van der Waals surface area contributed by atoms with E-state index in [-0.39, 0.29) is 17.2 Å². The Labute approximate surface area is 128 Å². The number of anilines is 1. The van der Waals surface area contributed by atoms with Gasteiger partial charge < -0.3 is 10.2 Å². The molecule has 0 aliphatic carbocycles. The Morgan fingerprint density at radius 3 is 2.82 bits per heavy atom. The number of H-pyrrole nitrogens is 1. The fraction of sp³-hybridized carbons (Fsp3) is 0.312. The lowest BCUT2D eigenvalue weighted by atomic mass is 10.1. The fourth-order valence-electron chi connectivity index (χ4n) is 2.67. The van der Waals surface area contributed by atoms with Crippen LogP contribution in [-0.2, 0) is 0 Å². The van der Waals surface area contributed by atoms with Gasteiger partial charge in [0.15, 0.2) is 0 Å². The van der Waals surface area contributed by atoms with E-state index in [9.17, 15) is 9.59 Å². The van der Waals surface area contributed by atoms with Gasteiger partial charge in [-0.05, 0) is 30.5 Å². The highest BCUT2D eigenvalue weighted by atomic mass is 16.2. The average molecular weight is 298 g/mol. The summed E-state index contributed by atoms with van der Waals surface area (Å²) in [5.41, 5.74) is 1.14. The molecular formula is C16H18N4O2. The topological polar surface area (TPSA) is 78.1 Å². The summed E-state index contributed by atoms with van der Waals surface area (Å²) in [6.45, 7) is 2.55. The summed E-state index contributed by atoms with van der Waals surface area (Å²) in [4.78, 5) is 25.2. The predicted molar refractivity (Wildman–Crippen MR) is 84.0 cm³/mol. The fourth-order valence-corrected chi connectivity index (χ4v) is 2.67. The van der Waals surface area contributed by atoms with Crippen molar-refractivity contribution in [3.05, 3.63) is 58.5 Å². The van der Waals surface area contributed by atoms with Crippen LogP contribution in [0.2, 0.25) is 0 Å². The van der Waals surface area contributed by atoms with Gasteiger partial charge in [-0.2, -0.15) is 5.10 Å². The van der Waals surface area contributed by atoms with E-state index in [0.29, 0.717) is 12.5 Å². The second-order valence-electron chi connectivity index (χ2n) is 5.45. The molecule has 1 aliphatic heterocycles. The first-order chi connectivity index (χ1) is 10.7. The molecule has 22 heavy (non-hydrogen) atoms. The minimum Gasteiger partial charge on any atom is -0.371 e. The smallest absolute Gasteiger partial charge is 0.271 e. The normalized spacial score (nSPS) is 17.5. The monoisotopic (exact) mass is 298 g/mol. The van der Waals surface area contributed by atoms with Crippen LogP contribution < -0.4 is 15.8 Å². The molecule has 0 saturated carbocycles. The van der Waals surface area contributed by atoms with E-state index in [1.54, 1.807) is 0 Å². The molecule has 1 amide bonds. The minimum absolute atomic E-state index is 0.234. The van der Waals surface area contributed by atoms with Crippen LogP contribution in [0.25, 0.3) is 0 Å². The lowest BCUT2D eigenvalue weighted by Gasteiger charge is -2.18. The average Bonchev–Trinajstić information content (AvgIpc) is 3.03. The number of hydrogen-bond donors (Lipinski definition) is 2. The molecule has 6 heteroatoms. The third kappa shape index (κ3) is 3.33. The summed E-state index contributed by atoms with van der Waals surface area (Å²) in [5, 5.41) is 8.87. The van der Waals surface area contributed by atoms with E-state index in [1.165, 1.54) is 17.8 Å². The van der Waals surface area contributed by atoms with Crippen molar-refractivity contribution in [2.45, 2.75) is 6.42 Å². The van der Waals surface area contributed by atoms with Gasteiger partial charge in [0.2, 0.25) is 0 Å². The van der Waals surface area contributed by atoms with Crippen LogP contribution in [-0.4, -0.2) is 35.7 Å². The van der Waals surface area contributed by atoms with Gasteiger partial charge in [0.05, 0.1) is 0 Å². The molecule has 1 fully saturated rings. The quantitative estimate of drug-likeness (QED) is 0.883. The molecular weight excluding hydrogens is 280 g/mol. The zero-order valence-electron chi connectivity index (χ0n) is 12.2. The standard InChI is InChI=1S/C16H18N4O2/c21-15-7-6-14(18-19-15)16(22)17-10-12-8-9-20(11-12)13-4-2-1-3-5-13/h1-7,12H,8-11H2,(H,17,22)(H,19,21)/t12-/m1/s1. The Balaban J connectivity index is 1.51. The number of aromatic nitrogens is 2. The molecule has 2 aromatic rings. The molecule has 1 aliphatic rings. The van der Waals surface area contributed by atoms with Crippen molar-refractivity contribution in [2.75, 3.05) is 24.5 Å². The SMILES string of the molecule is O=C(NC[C@H]1CCN(c2ccccc2)C1)c1ccc(=O)[nH]n1. The molecule has 0 spiro atoms. The van der Waals surface area contributed by atoms with Gasteiger partial charge in [-0.3, -0.25) is 9.59 Å². The number of amides is 1. The molecule has 3 rings (SSSR count). The number of carbonyl (C=O) groups excluding carboxylic acids is 1. The summed E-state index contributed by atoms with van der Waals surface area (Å²) in [6, 6.07) is 13.0. The number of aromatic amines is 1. The van der Waals surface area contributed by atoms with Crippen LogP contribution in [0.5, 0.6) is 0 Å². The van der Waals surface area contributed by atoms with Gasteiger partial charge in [0.1, 0.15) is 5.69 Å². The first-order valence-electron chi connectivity index (χ1n) is 7.36. The first-order valence-corrected chi connectivity index (χ1v) is 7.36.